The average molecular weight is 341 g/mol. The number of ether oxygens (including phenoxy) is 1. The summed E-state index contributed by atoms with van der Waals surface area (Å²) in [6, 6.07) is 11.1. The molecule has 2 amide bonds. The number of anilines is 2. The van der Waals surface area contributed by atoms with Crippen molar-refractivity contribution in [2.24, 2.45) is 0 Å². The number of carbonyl (C=O) groups excluding carboxylic acids is 2. The van der Waals surface area contributed by atoms with Crippen LogP contribution in [0.1, 0.15) is 5.56 Å². The van der Waals surface area contributed by atoms with Gasteiger partial charge in [-0.05, 0) is 24.1 Å². The van der Waals surface area contributed by atoms with E-state index in [2.05, 4.69) is 5.32 Å². The molecule has 25 heavy (non-hydrogen) atoms. The molecule has 1 aliphatic rings. The van der Waals surface area contributed by atoms with Gasteiger partial charge in [0.05, 0.1) is 23.8 Å². The van der Waals surface area contributed by atoms with Gasteiger partial charge >= 0.3 is 11.8 Å². The summed E-state index contributed by atoms with van der Waals surface area (Å²) >= 11 is 0. The number of fused-ring (bicyclic) bond motifs is 1. The fraction of sp³-hybridized carbons (Fsp3) is 0.176. The van der Waals surface area contributed by atoms with Crippen molar-refractivity contribution in [2.75, 3.05) is 23.9 Å². The fourth-order valence-corrected chi connectivity index (χ4v) is 2.74. The Hall–Kier alpha value is -3.42. The van der Waals surface area contributed by atoms with Crippen molar-refractivity contribution < 1.29 is 19.2 Å². The van der Waals surface area contributed by atoms with Crippen LogP contribution in [0, 0.1) is 10.1 Å². The zero-order valence-electron chi connectivity index (χ0n) is 13.4. The lowest BCUT2D eigenvalue weighted by molar-refractivity contribution is -0.384. The number of nitro groups is 1. The topological polar surface area (TPSA) is 102 Å². The van der Waals surface area contributed by atoms with E-state index in [4.69, 9.17) is 4.74 Å². The molecule has 0 saturated heterocycles. The number of hydrogen-bond donors (Lipinski definition) is 1. The number of rotatable bonds is 3. The second-order valence-corrected chi connectivity index (χ2v) is 5.43. The number of nitro benzene ring substituents is 1. The standard InChI is InChI=1S/C17H15N3O5/c1-25-15-10-12(20(23)24)6-7-13(15)18-16(21)17(22)19-9-8-11-4-2-3-5-14(11)19/h2-7,10H,8-9H2,1H3,(H,18,21). The van der Waals surface area contributed by atoms with Gasteiger partial charge in [0.15, 0.2) is 0 Å². The monoisotopic (exact) mass is 341 g/mol. The average Bonchev–Trinajstić information content (AvgIpc) is 3.05. The second kappa shape index (κ2) is 6.60. The van der Waals surface area contributed by atoms with Crippen molar-refractivity contribution in [3.8, 4) is 5.75 Å². The molecule has 0 fully saturated rings. The minimum atomic E-state index is -0.830. The Morgan fingerprint density at radius 3 is 2.72 bits per heavy atom. The normalized spacial score (nSPS) is 12.4. The predicted octanol–water partition coefficient (Wildman–Crippen LogP) is 2.13. The Balaban J connectivity index is 1.79. The summed E-state index contributed by atoms with van der Waals surface area (Å²) in [6.45, 7) is 0.434. The first-order chi connectivity index (χ1) is 12.0. The summed E-state index contributed by atoms with van der Waals surface area (Å²) in [5.41, 5.74) is 1.75. The van der Waals surface area contributed by atoms with Gasteiger partial charge in [0.25, 0.3) is 5.69 Å². The van der Waals surface area contributed by atoms with Crippen molar-refractivity contribution >= 4 is 28.9 Å². The van der Waals surface area contributed by atoms with Crippen LogP contribution in [0.2, 0.25) is 0 Å². The molecule has 0 unspecified atom stereocenters. The van der Waals surface area contributed by atoms with E-state index in [1.54, 1.807) is 6.07 Å². The van der Waals surface area contributed by atoms with Crippen LogP contribution in [-0.4, -0.2) is 30.4 Å². The first-order valence-electron chi connectivity index (χ1n) is 7.54. The quantitative estimate of drug-likeness (QED) is 0.523. The highest BCUT2D eigenvalue weighted by Crippen LogP contribution is 2.30. The molecule has 8 heteroatoms. The van der Waals surface area contributed by atoms with Gasteiger partial charge in [-0.15, -0.1) is 0 Å². The van der Waals surface area contributed by atoms with Gasteiger partial charge in [0.1, 0.15) is 5.75 Å². The van der Waals surface area contributed by atoms with Crippen LogP contribution < -0.4 is 15.0 Å². The third kappa shape index (κ3) is 3.14. The van der Waals surface area contributed by atoms with Crippen LogP contribution in [0.3, 0.4) is 0 Å². The van der Waals surface area contributed by atoms with E-state index < -0.39 is 16.7 Å². The molecule has 1 heterocycles. The van der Waals surface area contributed by atoms with E-state index in [1.165, 1.54) is 30.2 Å². The minimum Gasteiger partial charge on any atom is -0.494 e. The van der Waals surface area contributed by atoms with E-state index in [0.717, 1.165) is 11.3 Å². The molecule has 2 aromatic carbocycles. The number of carbonyl (C=O) groups is 2. The zero-order valence-corrected chi connectivity index (χ0v) is 13.4. The maximum Gasteiger partial charge on any atom is 0.316 e. The van der Waals surface area contributed by atoms with Crippen LogP contribution in [0.4, 0.5) is 17.1 Å². The number of nitrogens with one attached hydrogen (secondary N) is 1. The summed E-state index contributed by atoms with van der Waals surface area (Å²) in [5.74, 6) is -1.41. The van der Waals surface area contributed by atoms with Crippen LogP contribution in [0.15, 0.2) is 42.5 Å². The molecule has 3 rings (SSSR count). The zero-order chi connectivity index (χ0) is 18.0. The third-order valence-corrected chi connectivity index (χ3v) is 3.97. The number of para-hydroxylation sites is 1. The van der Waals surface area contributed by atoms with Crippen LogP contribution in [0.25, 0.3) is 0 Å². The Morgan fingerprint density at radius 1 is 1.24 bits per heavy atom. The van der Waals surface area contributed by atoms with E-state index in [-0.39, 0.29) is 17.1 Å². The van der Waals surface area contributed by atoms with Crippen LogP contribution >= 0.6 is 0 Å². The van der Waals surface area contributed by atoms with Gasteiger partial charge in [-0.1, -0.05) is 18.2 Å². The smallest absolute Gasteiger partial charge is 0.316 e. The Kier molecular flexibility index (Phi) is 4.34. The first kappa shape index (κ1) is 16.4. The molecular weight excluding hydrogens is 326 g/mol. The van der Waals surface area contributed by atoms with E-state index in [0.29, 0.717) is 13.0 Å². The highest BCUT2D eigenvalue weighted by Gasteiger charge is 2.29. The van der Waals surface area contributed by atoms with Crippen molar-refractivity contribution in [3.05, 3.63) is 58.1 Å². The number of methoxy groups -OCH3 is 1. The van der Waals surface area contributed by atoms with Gasteiger partial charge < -0.3 is 15.0 Å². The molecule has 0 bridgehead atoms. The van der Waals surface area contributed by atoms with Gasteiger partial charge in [-0.3, -0.25) is 19.7 Å². The molecule has 2 aromatic rings. The summed E-state index contributed by atoms with van der Waals surface area (Å²) in [6.07, 6.45) is 0.691. The van der Waals surface area contributed by atoms with E-state index >= 15 is 0 Å². The first-order valence-corrected chi connectivity index (χ1v) is 7.54. The molecule has 0 radical (unpaired) electrons. The fourth-order valence-electron chi connectivity index (χ4n) is 2.74. The molecule has 128 valence electrons. The molecular formula is C17H15N3O5. The van der Waals surface area contributed by atoms with Gasteiger partial charge in [0.2, 0.25) is 0 Å². The molecule has 0 spiro atoms. The molecule has 0 aromatic heterocycles. The second-order valence-electron chi connectivity index (χ2n) is 5.43. The number of hydrogen-bond acceptors (Lipinski definition) is 5. The number of non-ortho nitro benzene ring substituents is 1. The van der Waals surface area contributed by atoms with Gasteiger partial charge in [0, 0.05) is 18.3 Å². The highest BCUT2D eigenvalue weighted by molar-refractivity contribution is 6.44. The SMILES string of the molecule is COc1cc([N+](=O)[O-])ccc1NC(=O)C(=O)N1CCc2ccccc21. The lowest BCUT2D eigenvalue weighted by Crippen LogP contribution is -2.38. The number of nitrogens with zero attached hydrogens (tertiary/aromatic N) is 2. The summed E-state index contributed by atoms with van der Waals surface area (Å²) in [5, 5.41) is 13.3. The summed E-state index contributed by atoms with van der Waals surface area (Å²) in [7, 11) is 1.33. The summed E-state index contributed by atoms with van der Waals surface area (Å²) < 4.78 is 5.05. The van der Waals surface area contributed by atoms with Crippen LogP contribution in [-0.2, 0) is 16.0 Å². The van der Waals surface area contributed by atoms with E-state index in [9.17, 15) is 19.7 Å². The summed E-state index contributed by atoms with van der Waals surface area (Å²) in [4.78, 5) is 36.4. The molecule has 0 saturated carbocycles. The number of benzene rings is 2. The maximum atomic E-state index is 12.5. The van der Waals surface area contributed by atoms with Crippen molar-refractivity contribution in [2.45, 2.75) is 6.42 Å². The molecule has 1 N–H and O–H groups in total. The van der Waals surface area contributed by atoms with Crippen molar-refractivity contribution in [3.63, 3.8) is 0 Å². The Bertz CT molecular complexity index is 865. The van der Waals surface area contributed by atoms with Crippen molar-refractivity contribution in [1.82, 2.24) is 0 Å². The Morgan fingerprint density at radius 2 is 2.00 bits per heavy atom. The van der Waals surface area contributed by atoms with E-state index in [1.807, 2.05) is 18.2 Å². The van der Waals surface area contributed by atoms with Crippen molar-refractivity contribution in [1.29, 1.82) is 0 Å². The molecule has 1 aliphatic heterocycles. The third-order valence-electron chi connectivity index (χ3n) is 3.97. The maximum absolute atomic E-state index is 12.5. The van der Waals surface area contributed by atoms with Gasteiger partial charge in [-0.2, -0.15) is 0 Å². The lowest BCUT2D eigenvalue weighted by atomic mass is 10.2. The molecule has 8 nitrogen and oxygen atoms in total. The van der Waals surface area contributed by atoms with Crippen LogP contribution in [0.5, 0.6) is 5.75 Å². The molecule has 0 atom stereocenters. The van der Waals surface area contributed by atoms with Gasteiger partial charge in [-0.25, -0.2) is 0 Å². The predicted molar refractivity (Wildman–Crippen MR) is 90.8 cm³/mol. The number of amides is 2. The highest BCUT2D eigenvalue weighted by atomic mass is 16.6. The Labute approximate surface area is 143 Å². The minimum absolute atomic E-state index is 0.108. The lowest BCUT2D eigenvalue weighted by Gasteiger charge is -2.17. The molecule has 0 aliphatic carbocycles. The largest absolute Gasteiger partial charge is 0.494 e.